The zero-order chi connectivity index (χ0) is 27.3. The van der Waals surface area contributed by atoms with E-state index in [1.165, 1.54) is 51.2 Å². The molecule has 13 heteroatoms. The molecule has 1 aromatic carbocycles. The quantitative estimate of drug-likeness (QED) is 0.105. The smallest absolute Gasteiger partial charge is 0.229 e. The molecule has 0 radical (unpaired) electrons. The van der Waals surface area contributed by atoms with Gasteiger partial charge in [0.2, 0.25) is 5.95 Å². The van der Waals surface area contributed by atoms with E-state index in [0.29, 0.717) is 17.4 Å². The van der Waals surface area contributed by atoms with Crippen molar-refractivity contribution >= 4 is 50.7 Å². The molecule has 2 aliphatic rings. The molecular weight excluding hydrogens is 551 g/mol. The Morgan fingerprint density at radius 3 is 2.67 bits per heavy atom. The Kier molecular flexibility index (Phi) is 8.65. The summed E-state index contributed by atoms with van der Waals surface area (Å²) in [4.78, 5) is 24.9. The molecule has 1 saturated heterocycles. The third-order valence-electron chi connectivity index (χ3n) is 7.09. The van der Waals surface area contributed by atoms with Gasteiger partial charge in [-0.05, 0) is 36.6 Å². The van der Waals surface area contributed by atoms with E-state index >= 15 is 0 Å². The summed E-state index contributed by atoms with van der Waals surface area (Å²) >= 11 is 2.83. The van der Waals surface area contributed by atoms with Gasteiger partial charge >= 0.3 is 0 Å². The van der Waals surface area contributed by atoms with Gasteiger partial charge in [-0.2, -0.15) is 0 Å². The third-order valence-corrected chi connectivity index (χ3v) is 8.82. The van der Waals surface area contributed by atoms with Gasteiger partial charge in [-0.25, -0.2) is 33.5 Å². The van der Waals surface area contributed by atoms with Gasteiger partial charge < -0.3 is 10.6 Å². The molecule has 1 aliphatic heterocycles. The lowest BCUT2D eigenvalue weighted by molar-refractivity contribution is -0.164. The minimum Gasteiger partial charge on any atom is -0.359 e. The fourth-order valence-corrected chi connectivity index (χ4v) is 6.45. The molecule has 0 atom stereocenters. The minimum absolute atomic E-state index is 0.239. The van der Waals surface area contributed by atoms with Crippen LogP contribution in [-0.2, 0) is 15.8 Å². The molecule has 0 bridgehead atoms. The van der Waals surface area contributed by atoms with Gasteiger partial charge in [-0.15, -0.1) is 4.33 Å². The Balaban J connectivity index is 1.09. The van der Waals surface area contributed by atoms with Crippen molar-refractivity contribution in [2.24, 2.45) is 0 Å². The van der Waals surface area contributed by atoms with Crippen molar-refractivity contribution in [2.75, 3.05) is 43.9 Å². The van der Waals surface area contributed by atoms with Gasteiger partial charge in [0.25, 0.3) is 0 Å². The molecule has 2 N–H and O–H groups in total. The Hall–Kier alpha value is -2.94. The molecule has 3 aromatic heterocycles. The van der Waals surface area contributed by atoms with Crippen LogP contribution in [0.3, 0.4) is 0 Å². The summed E-state index contributed by atoms with van der Waals surface area (Å²) in [6, 6.07) is 10.1. The second-order valence-corrected chi connectivity index (χ2v) is 11.7. The van der Waals surface area contributed by atoms with Crippen LogP contribution in [0.1, 0.15) is 31.2 Å². The van der Waals surface area contributed by atoms with Crippen molar-refractivity contribution in [1.29, 1.82) is 0 Å². The lowest BCUT2D eigenvalue weighted by Gasteiger charge is -2.32. The Bertz CT molecular complexity index is 1430. The van der Waals surface area contributed by atoms with E-state index in [0.717, 1.165) is 53.6 Å². The van der Waals surface area contributed by atoms with Crippen molar-refractivity contribution in [3.63, 3.8) is 0 Å². The molecule has 4 aromatic rings. The molecule has 1 aliphatic carbocycles. The first kappa shape index (κ1) is 27.2. The number of thiazole rings is 1. The van der Waals surface area contributed by atoms with E-state index in [4.69, 9.17) is 9.32 Å². The van der Waals surface area contributed by atoms with Gasteiger partial charge in [-0.3, -0.25) is 4.90 Å². The fourth-order valence-electron chi connectivity index (χ4n) is 5.01. The van der Waals surface area contributed by atoms with Gasteiger partial charge in [-0.1, -0.05) is 36.3 Å². The van der Waals surface area contributed by atoms with Crippen LogP contribution in [0, 0.1) is 5.82 Å². The van der Waals surface area contributed by atoms with Gasteiger partial charge in [0.05, 0.1) is 23.5 Å². The highest BCUT2D eigenvalue weighted by Gasteiger charge is 2.19. The summed E-state index contributed by atoms with van der Waals surface area (Å²) < 4.78 is 22.9. The molecule has 2 fully saturated rings. The minimum atomic E-state index is -0.477. The number of anilines is 3. The molecule has 10 nitrogen and oxygen atoms in total. The molecular formula is C27H31FN8O2S2. The number of rotatable bonds is 10. The van der Waals surface area contributed by atoms with E-state index in [9.17, 15) is 4.39 Å². The molecule has 0 amide bonds. The number of pyridine rings is 1. The number of fused-ring (bicyclic) bond motifs is 1. The standard InChI is InChI=1S/C27H31FN8O2S2/c1-37-38-40-36-12-10-35(11-13-36)17-18-6-9-24(29-15-18)33-26-30-16-21(28)25(34-26)19-7-8-22-23(14-19)39-27(32-22)31-20-4-2-3-5-20/h6-9,14-16,20H,2-5,10-13,17H2,1H3,(H,31,32)(H,29,30,33,34). The number of benzene rings is 1. The molecule has 210 valence electrons. The summed E-state index contributed by atoms with van der Waals surface area (Å²) in [5.41, 5.74) is 2.93. The van der Waals surface area contributed by atoms with Gasteiger partial charge in [0.15, 0.2) is 10.9 Å². The first-order valence-corrected chi connectivity index (χ1v) is 14.9. The van der Waals surface area contributed by atoms with Crippen molar-refractivity contribution in [3.05, 3.63) is 54.1 Å². The number of hydrogen-bond donors (Lipinski definition) is 2. The normalized spacial score (nSPS) is 17.1. The van der Waals surface area contributed by atoms with Crippen LogP contribution in [-0.4, -0.2) is 68.5 Å². The van der Waals surface area contributed by atoms with Crippen molar-refractivity contribution in [2.45, 2.75) is 38.3 Å². The monoisotopic (exact) mass is 582 g/mol. The van der Waals surface area contributed by atoms with E-state index < -0.39 is 5.82 Å². The number of hydrogen-bond acceptors (Lipinski definition) is 12. The molecule has 40 heavy (non-hydrogen) atoms. The van der Waals surface area contributed by atoms with E-state index in [-0.39, 0.29) is 11.6 Å². The van der Waals surface area contributed by atoms with Gasteiger partial charge in [0, 0.05) is 50.5 Å². The van der Waals surface area contributed by atoms with Crippen LogP contribution < -0.4 is 10.6 Å². The summed E-state index contributed by atoms with van der Waals surface area (Å²) in [6.07, 6.45) is 7.93. The Labute approximate surface area is 240 Å². The first-order valence-electron chi connectivity index (χ1n) is 13.4. The largest absolute Gasteiger partial charge is 0.359 e. The number of halogens is 1. The Morgan fingerprint density at radius 2 is 1.90 bits per heavy atom. The molecule has 4 heterocycles. The van der Waals surface area contributed by atoms with Crippen molar-refractivity contribution < 1.29 is 13.6 Å². The summed E-state index contributed by atoms with van der Waals surface area (Å²) in [5, 5.41) is 7.57. The first-order chi connectivity index (χ1) is 19.6. The summed E-state index contributed by atoms with van der Waals surface area (Å²) in [7, 11) is 1.50. The topological polar surface area (TPSA) is 101 Å². The highest BCUT2D eigenvalue weighted by Crippen LogP contribution is 2.33. The summed E-state index contributed by atoms with van der Waals surface area (Å²) in [6.45, 7) is 4.45. The van der Waals surface area contributed by atoms with E-state index in [2.05, 4.69) is 39.7 Å². The van der Waals surface area contributed by atoms with Crippen LogP contribution in [0.15, 0.2) is 42.7 Å². The zero-order valence-corrected chi connectivity index (χ0v) is 23.8. The second-order valence-electron chi connectivity index (χ2n) is 9.91. The number of nitrogens with one attached hydrogen (secondary N) is 2. The van der Waals surface area contributed by atoms with E-state index in [1.807, 2.05) is 36.5 Å². The Morgan fingerprint density at radius 1 is 1.05 bits per heavy atom. The van der Waals surface area contributed by atoms with Crippen LogP contribution >= 0.6 is 23.6 Å². The summed E-state index contributed by atoms with van der Waals surface area (Å²) in [5.74, 6) is 0.408. The highest BCUT2D eigenvalue weighted by molar-refractivity contribution is 7.92. The maximum atomic E-state index is 14.8. The molecule has 0 unspecified atom stereocenters. The lowest BCUT2D eigenvalue weighted by Crippen LogP contribution is -2.42. The maximum absolute atomic E-state index is 14.8. The molecule has 6 rings (SSSR count). The molecule has 1 saturated carbocycles. The fraction of sp³-hybridized carbons (Fsp3) is 0.407. The highest BCUT2D eigenvalue weighted by atomic mass is 32.2. The lowest BCUT2D eigenvalue weighted by atomic mass is 10.1. The number of aromatic nitrogens is 4. The van der Waals surface area contributed by atoms with E-state index in [1.54, 1.807) is 11.3 Å². The number of nitrogens with zero attached hydrogens (tertiary/aromatic N) is 6. The zero-order valence-electron chi connectivity index (χ0n) is 22.2. The SMILES string of the molecule is COOSN1CCN(Cc2ccc(Nc3ncc(F)c(-c4ccc5nc(NC6CCCC6)sc5c4)n3)nc2)CC1. The predicted octanol–water partition coefficient (Wildman–Crippen LogP) is 5.64. The van der Waals surface area contributed by atoms with Crippen LogP contribution in [0.5, 0.6) is 0 Å². The average molecular weight is 583 g/mol. The van der Waals surface area contributed by atoms with Crippen LogP contribution in [0.2, 0.25) is 0 Å². The van der Waals surface area contributed by atoms with Crippen molar-refractivity contribution in [3.8, 4) is 11.3 Å². The van der Waals surface area contributed by atoms with Crippen molar-refractivity contribution in [1.82, 2.24) is 29.1 Å². The second kappa shape index (κ2) is 12.7. The average Bonchev–Trinajstić information content (AvgIpc) is 3.64. The number of piperazine rings is 1. The van der Waals surface area contributed by atoms with Crippen LogP contribution in [0.4, 0.5) is 21.3 Å². The van der Waals surface area contributed by atoms with Gasteiger partial charge in [0.1, 0.15) is 23.7 Å². The third kappa shape index (κ3) is 6.67. The maximum Gasteiger partial charge on any atom is 0.229 e. The van der Waals surface area contributed by atoms with Crippen LogP contribution in [0.25, 0.3) is 21.5 Å². The molecule has 0 spiro atoms. The predicted molar refractivity (Wildman–Crippen MR) is 157 cm³/mol.